The number of carboxylic acids is 3. The smallest absolute Gasteiger partial charge is 0.547 e. The number of nitroso groups, excluding NO2 is 1. The summed E-state index contributed by atoms with van der Waals surface area (Å²) in [6.45, 7) is 11.6. The molecule has 7 heterocycles. The first kappa shape index (κ1) is 112. The third-order valence-corrected chi connectivity index (χ3v) is 20.7. The first-order chi connectivity index (χ1) is 52.6. The predicted molar refractivity (Wildman–Crippen MR) is 372 cm³/mol. The summed E-state index contributed by atoms with van der Waals surface area (Å²) in [5.74, 6) is -8.33. The first-order valence-electron chi connectivity index (χ1n) is 34.4. The molecule has 47 nitrogen and oxygen atoms in total. The molecule has 19 N–H and O–H groups in total. The number of hydrogen-bond donors (Lipinski definition) is 19. The van der Waals surface area contributed by atoms with Crippen molar-refractivity contribution >= 4 is 88.9 Å². The molecule has 0 saturated carbocycles. The number of nitrogens with one attached hydrogen (secondary N) is 5. The number of ether oxygens (including phenoxy) is 15. The summed E-state index contributed by atoms with van der Waals surface area (Å²) in [5, 5.41) is 170. The minimum absolute atomic E-state index is 0. The second kappa shape index (κ2) is 50.2. The number of aliphatic carboxylic acids is 3. The summed E-state index contributed by atoms with van der Waals surface area (Å²) in [6, 6.07) is -6.78. The molecule has 33 atom stereocenters. The zero-order valence-corrected chi connectivity index (χ0v) is 75.3. The molecule has 21 unspecified atom stereocenters. The summed E-state index contributed by atoms with van der Waals surface area (Å²) in [4.78, 5) is 117. The van der Waals surface area contributed by atoms with Crippen LogP contribution >= 0.6 is 36.3 Å². The van der Waals surface area contributed by atoms with Gasteiger partial charge in [0.1, 0.15) is 158 Å². The standard InChI is InChI=1S/C21H35N3O14S.C21H36N2O13S.C14H25NO11.C7H11NO2S.3Na/c1-7(26)22-16(21(2,3)39-24-33)17(30)23-9-13(34-4)10(27)8(6-25)36-19(9)37-14-11(28)12(29)20(35-5)38-15(14)18(31)32;1-7(25)22-16(21(2,3)37)17(29)23-9-13(32-4)10(26)8(6-24)34-19(9)35-14-11(27)12(28)20(33-5)36-15(14)18(30)31;1-22-9-5(15)13(24-4(3-16)6(9)17)25-10-7(18)8(19)14(23-2)26-11(10)12(20)21;1-4(9)8-5-6(10)11-7(5,2)3;;;/h8-16,19-20,25,27-29H,6H2,1-5H3,(H,22,26)(H,23,30)(H,31,32);8-16,19-20,24,26-28,37H,6H2,1-5H3,(H,22,25)(H,23,29)(H,30,31);4-11,13-14,16-19H,3,15H2,1-2H3,(H,20,21);5H,1-3H3,(H,8,9);;;/q;;;;3*+1/p-3/t2*8?,9?,10?,11?,12?,13-,14+,15?,16+,19+,20?;4?,5?,6?,7?,8?,9-,10+,11?,13+,14?;5-;;;/m1110.../s1. The SMILES string of the molecule is CC(=O)N[C@H]1C(=O)SC1(C)C.COC1OC(C(=O)[O-])[C@@H](O[C@@H]2OC(CO)C(O)[C@H](OC)C2N)C(O)C1O.COC1OC(C(=O)[O-])[C@@H](O[C@@H]2OC(CO)C(O)[C@H](OC)C2NC(=O)[C@H](NC(C)=O)C(C)(C)S)C(O)C1O.COC1OC(C(=O)[O-])[C@@H](O[C@@H]2OC(CO)C(O)[C@H](OC)C2NC(=O)[C@H](NC(C)=O)C(C)(C)SN=O)C(O)C1O.[Na+].[Na+].[Na+]. The first-order valence-corrected chi connectivity index (χ1v) is 36.4. The Morgan fingerprint density at radius 1 is 0.491 bits per heavy atom. The van der Waals surface area contributed by atoms with Gasteiger partial charge in [-0.05, 0) is 41.5 Å². The zero-order valence-electron chi connectivity index (χ0n) is 66.8. The van der Waals surface area contributed by atoms with E-state index in [-0.39, 0.29) is 110 Å². The number of rotatable bonds is 29. The van der Waals surface area contributed by atoms with Crippen LogP contribution in [-0.2, 0) is 114 Å². The molecule has 0 aromatic carbocycles. The molecule has 0 aliphatic carbocycles. The molecule has 7 aliphatic heterocycles. The molecule has 5 amide bonds. The Labute approximate surface area is 745 Å². The average molecular weight is 1760 g/mol. The van der Waals surface area contributed by atoms with E-state index in [4.69, 9.17) is 76.8 Å². The molecule has 652 valence electrons. The average Bonchev–Trinajstić information content (AvgIpc) is 0.783. The van der Waals surface area contributed by atoms with Gasteiger partial charge in [0.05, 0.1) is 48.5 Å². The number of aliphatic hydroxyl groups excluding tert-OH is 12. The second-order valence-electron chi connectivity index (χ2n) is 27.9. The fraction of sp³-hybridized carbons (Fsp3) is 0.857. The Bertz CT molecular complexity index is 3160. The topological polar surface area (TPSA) is 720 Å². The molecule has 0 radical (unpaired) electrons. The number of nitrogens with zero attached hydrogens (tertiary/aromatic N) is 1. The van der Waals surface area contributed by atoms with Gasteiger partial charge in [-0.3, -0.25) is 28.8 Å². The number of methoxy groups -OCH3 is 6. The van der Waals surface area contributed by atoms with Crippen LogP contribution in [0.1, 0.15) is 62.3 Å². The maximum Gasteiger partial charge on any atom is 1.00 e. The fourth-order valence-electron chi connectivity index (χ4n) is 12.5. The van der Waals surface area contributed by atoms with Gasteiger partial charge in [-0.2, -0.15) is 12.6 Å². The molecule has 116 heavy (non-hydrogen) atoms. The summed E-state index contributed by atoms with van der Waals surface area (Å²) in [7, 11) is 7.03. The number of aliphatic hydroxyl groups is 12. The van der Waals surface area contributed by atoms with E-state index in [2.05, 4.69) is 43.8 Å². The van der Waals surface area contributed by atoms with Crippen LogP contribution in [-0.4, -0.2) is 393 Å². The molecule has 7 aliphatic rings. The van der Waals surface area contributed by atoms with Gasteiger partial charge in [0.2, 0.25) is 34.7 Å². The number of thioether (sulfide) groups is 1. The van der Waals surface area contributed by atoms with Crippen LogP contribution in [0.2, 0.25) is 0 Å². The fourth-order valence-corrected chi connectivity index (χ4v) is 14.3. The second-order valence-corrected chi connectivity index (χ2v) is 32.1. The number of carbonyl (C=O) groups excluding carboxylic acids is 9. The molecular formula is C63H104N7Na3O40S3. The number of nitrogens with two attached hydrogens (primary N) is 1. The van der Waals surface area contributed by atoms with Crippen LogP contribution < -0.4 is 136 Å². The van der Waals surface area contributed by atoms with Crippen LogP contribution in [0.15, 0.2) is 4.58 Å². The molecule has 7 fully saturated rings. The van der Waals surface area contributed by atoms with Gasteiger partial charge in [-0.1, -0.05) is 11.8 Å². The number of carboxylic acid groups (broad SMARTS) is 3. The van der Waals surface area contributed by atoms with Crippen molar-refractivity contribution in [2.45, 2.75) is 279 Å². The van der Waals surface area contributed by atoms with Gasteiger partial charge in [0.25, 0.3) is 0 Å². The summed E-state index contributed by atoms with van der Waals surface area (Å²) in [6.07, 6.45) is -42.6. The molecule has 0 aromatic rings. The Morgan fingerprint density at radius 2 is 0.802 bits per heavy atom. The van der Waals surface area contributed by atoms with Gasteiger partial charge in [-0.15, -0.1) is 4.91 Å². The van der Waals surface area contributed by atoms with E-state index >= 15 is 0 Å². The van der Waals surface area contributed by atoms with Gasteiger partial charge in [0.15, 0.2) is 37.7 Å². The molecule has 0 bridgehead atoms. The minimum atomic E-state index is -1.99. The van der Waals surface area contributed by atoms with E-state index < -0.39 is 267 Å². The Morgan fingerprint density at radius 3 is 1.06 bits per heavy atom. The van der Waals surface area contributed by atoms with Crippen molar-refractivity contribution in [1.29, 1.82) is 0 Å². The van der Waals surface area contributed by atoms with Crippen LogP contribution in [0.25, 0.3) is 0 Å². The third kappa shape index (κ3) is 28.8. The largest absolute Gasteiger partial charge is 1.00 e. The minimum Gasteiger partial charge on any atom is -0.547 e. The Kier molecular flexibility index (Phi) is 48.4. The monoisotopic (exact) mass is 1760 g/mol. The van der Waals surface area contributed by atoms with Gasteiger partial charge < -0.3 is 194 Å². The van der Waals surface area contributed by atoms with E-state index in [1.807, 2.05) is 13.8 Å². The van der Waals surface area contributed by atoms with Gasteiger partial charge >= 0.3 is 88.7 Å². The van der Waals surface area contributed by atoms with Crippen molar-refractivity contribution in [3.05, 3.63) is 4.91 Å². The summed E-state index contributed by atoms with van der Waals surface area (Å²) >= 11 is 6.12. The van der Waals surface area contributed by atoms with Gasteiger partial charge in [-0.25, -0.2) is 0 Å². The van der Waals surface area contributed by atoms with Crippen molar-refractivity contribution in [2.75, 3.05) is 62.5 Å². The van der Waals surface area contributed by atoms with Crippen molar-refractivity contribution < 1.29 is 279 Å². The van der Waals surface area contributed by atoms with Crippen molar-refractivity contribution in [2.24, 2.45) is 10.3 Å². The summed E-state index contributed by atoms with van der Waals surface area (Å²) < 4.78 is 79.2. The van der Waals surface area contributed by atoms with E-state index in [0.717, 1.165) is 28.3 Å². The Balaban J connectivity index is 0.000000815. The zero-order chi connectivity index (χ0) is 86.1. The maximum atomic E-state index is 13.4. The van der Waals surface area contributed by atoms with Crippen molar-refractivity contribution in [1.82, 2.24) is 26.6 Å². The van der Waals surface area contributed by atoms with E-state index in [1.165, 1.54) is 60.8 Å². The van der Waals surface area contributed by atoms with Crippen molar-refractivity contribution in [3.63, 3.8) is 0 Å². The van der Waals surface area contributed by atoms with Crippen LogP contribution in [0.5, 0.6) is 0 Å². The van der Waals surface area contributed by atoms with Gasteiger partial charge in [0, 0.05) is 89.5 Å². The Hall–Kier alpha value is -2.04. The van der Waals surface area contributed by atoms with E-state index in [1.54, 1.807) is 13.8 Å². The quantitative estimate of drug-likeness (QED) is 0.0143. The maximum absolute atomic E-state index is 13.4. The molecule has 0 spiro atoms. The van der Waals surface area contributed by atoms with Crippen molar-refractivity contribution in [3.8, 4) is 0 Å². The molecule has 53 heteroatoms. The van der Waals surface area contributed by atoms with E-state index in [9.17, 15) is 125 Å². The molecule has 7 saturated heterocycles. The normalized spacial score (nSPS) is 37.2. The number of carbonyl (C=O) groups is 9. The van der Waals surface area contributed by atoms with Crippen LogP contribution in [0.3, 0.4) is 0 Å². The number of hydrogen-bond acceptors (Lipinski definition) is 45. The third-order valence-electron chi connectivity index (χ3n) is 18.5. The van der Waals surface area contributed by atoms with E-state index in [0.29, 0.717) is 11.9 Å². The molecule has 7 rings (SSSR count). The number of thiol groups is 1. The number of amides is 5. The summed E-state index contributed by atoms with van der Waals surface area (Å²) in [5.41, 5.74) is 5.92. The molecular weight excluding hydrogens is 1660 g/mol. The molecule has 0 aromatic heterocycles. The predicted octanol–water partition coefficient (Wildman–Crippen LogP) is -23.3. The van der Waals surface area contributed by atoms with Crippen LogP contribution in [0.4, 0.5) is 0 Å². The van der Waals surface area contributed by atoms with Crippen LogP contribution in [0, 0.1) is 4.91 Å².